The highest BCUT2D eigenvalue weighted by molar-refractivity contribution is 6.05. The zero-order valence-corrected chi connectivity index (χ0v) is 13.7. The first kappa shape index (κ1) is 16.9. The fourth-order valence-electron chi connectivity index (χ4n) is 2.19. The van der Waals surface area contributed by atoms with Crippen LogP contribution in [0.4, 0.5) is 11.6 Å². The lowest BCUT2D eigenvalue weighted by Crippen LogP contribution is -2.30. The number of aryl methyl sites for hydroxylation is 1. The molecule has 6 nitrogen and oxygen atoms in total. The van der Waals surface area contributed by atoms with Crippen LogP contribution in [0.2, 0.25) is 0 Å². The summed E-state index contributed by atoms with van der Waals surface area (Å²) in [5.74, 6) is 0.374. The Morgan fingerprint density at radius 2 is 2.04 bits per heavy atom. The molecule has 0 aliphatic carbocycles. The second-order valence-corrected chi connectivity index (χ2v) is 5.10. The molecule has 0 bridgehead atoms. The first-order valence-electron chi connectivity index (χ1n) is 7.59. The van der Waals surface area contributed by atoms with Crippen molar-refractivity contribution in [2.45, 2.75) is 13.8 Å². The van der Waals surface area contributed by atoms with E-state index >= 15 is 0 Å². The van der Waals surface area contributed by atoms with E-state index in [0.717, 1.165) is 11.3 Å². The molecule has 1 heterocycles. The van der Waals surface area contributed by atoms with Gasteiger partial charge in [-0.25, -0.2) is 9.97 Å². The number of carbonyl (C=O) groups is 1. The van der Waals surface area contributed by atoms with Gasteiger partial charge in [-0.15, -0.1) is 0 Å². The normalized spacial score (nSPS) is 10.4. The van der Waals surface area contributed by atoms with Gasteiger partial charge < -0.3 is 15.0 Å². The van der Waals surface area contributed by atoms with Gasteiger partial charge in [0.15, 0.2) is 0 Å². The third-order valence-electron chi connectivity index (χ3n) is 3.36. The van der Waals surface area contributed by atoms with Gasteiger partial charge in [0.05, 0.1) is 12.2 Å². The van der Waals surface area contributed by atoms with Gasteiger partial charge in [0.2, 0.25) is 5.95 Å². The standard InChI is InChI=1S/C17H22N4O2/c1-4-21(15-7-5-6-13(2)10-15)16(22)14-11-19-17(20-12-14)18-8-9-23-3/h5-7,10-12H,4,8-9H2,1-3H3,(H,18,19,20). The predicted octanol–water partition coefficient (Wildman–Crippen LogP) is 2.51. The molecule has 0 fully saturated rings. The molecule has 1 aromatic heterocycles. The van der Waals surface area contributed by atoms with Crippen LogP contribution in [0.3, 0.4) is 0 Å². The maximum Gasteiger partial charge on any atom is 0.261 e. The van der Waals surface area contributed by atoms with Gasteiger partial charge in [-0.1, -0.05) is 12.1 Å². The number of methoxy groups -OCH3 is 1. The first-order valence-corrected chi connectivity index (χ1v) is 7.59. The molecular weight excluding hydrogens is 292 g/mol. The summed E-state index contributed by atoms with van der Waals surface area (Å²) in [7, 11) is 1.63. The Hall–Kier alpha value is -2.47. The lowest BCUT2D eigenvalue weighted by Gasteiger charge is -2.21. The number of hydrogen-bond acceptors (Lipinski definition) is 5. The van der Waals surface area contributed by atoms with Crippen LogP contribution < -0.4 is 10.2 Å². The molecule has 1 aromatic carbocycles. The summed E-state index contributed by atoms with van der Waals surface area (Å²) >= 11 is 0. The van der Waals surface area contributed by atoms with E-state index in [1.54, 1.807) is 24.4 Å². The number of carbonyl (C=O) groups excluding carboxylic acids is 1. The molecule has 1 N–H and O–H groups in total. The molecule has 6 heteroatoms. The quantitative estimate of drug-likeness (QED) is 0.795. The zero-order valence-electron chi connectivity index (χ0n) is 13.7. The Morgan fingerprint density at radius 1 is 1.30 bits per heavy atom. The number of aromatic nitrogens is 2. The van der Waals surface area contributed by atoms with Gasteiger partial charge >= 0.3 is 0 Å². The summed E-state index contributed by atoms with van der Waals surface area (Å²) in [4.78, 5) is 22.7. The van der Waals surface area contributed by atoms with Crippen molar-refractivity contribution < 1.29 is 9.53 Å². The maximum atomic E-state index is 12.7. The van der Waals surface area contributed by atoms with Crippen molar-refractivity contribution in [3.05, 3.63) is 47.8 Å². The van der Waals surface area contributed by atoms with E-state index in [1.807, 2.05) is 38.1 Å². The molecule has 1 amide bonds. The predicted molar refractivity (Wildman–Crippen MR) is 90.9 cm³/mol. The number of anilines is 2. The molecule has 0 saturated heterocycles. The SMILES string of the molecule is CCN(C(=O)c1cnc(NCCOC)nc1)c1cccc(C)c1. The molecule has 122 valence electrons. The topological polar surface area (TPSA) is 67.4 Å². The molecule has 0 spiro atoms. The van der Waals surface area contributed by atoms with Gasteiger partial charge in [-0.2, -0.15) is 0 Å². The van der Waals surface area contributed by atoms with E-state index in [1.165, 1.54) is 0 Å². The van der Waals surface area contributed by atoms with Crippen LogP contribution >= 0.6 is 0 Å². The highest BCUT2D eigenvalue weighted by Crippen LogP contribution is 2.18. The number of nitrogens with one attached hydrogen (secondary N) is 1. The first-order chi connectivity index (χ1) is 11.2. The lowest BCUT2D eigenvalue weighted by molar-refractivity contribution is 0.0987. The zero-order chi connectivity index (χ0) is 16.7. The average Bonchev–Trinajstić information content (AvgIpc) is 2.56. The van der Waals surface area contributed by atoms with Crippen LogP contribution in [0.1, 0.15) is 22.8 Å². The van der Waals surface area contributed by atoms with Crippen LogP contribution in [0, 0.1) is 6.92 Å². The van der Waals surface area contributed by atoms with Crippen LogP contribution in [-0.2, 0) is 4.74 Å². The van der Waals surface area contributed by atoms with Crippen molar-refractivity contribution in [1.82, 2.24) is 9.97 Å². The molecule has 0 radical (unpaired) electrons. The van der Waals surface area contributed by atoms with Gasteiger partial charge in [0.1, 0.15) is 0 Å². The lowest BCUT2D eigenvalue weighted by atomic mass is 10.2. The van der Waals surface area contributed by atoms with Gasteiger partial charge in [0, 0.05) is 38.3 Å². The Bertz CT molecular complexity index is 643. The number of nitrogens with zero attached hydrogens (tertiary/aromatic N) is 3. The molecule has 2 aromatic rings. The summed E-state index contributed by atoms with van der Waals surface area (Å²) in [6.07, 6.45) is 3.09. The van der Waals surface area contributed by atoms with Crippen molar-refractivity contribution in [2.75, 3.05) is 37.0 Å². The third kappa shape index (κ3) is 4.50. The largest absolute Gasteiger partial charge is 0.383 e. The van der Waals surface area contributed by atoms with E-state index < -0.39 is 0 Å². The van der Waals surface area contributed by atoms with Crippen LogP contribution in [0.5, 0.6) is 0 Å². The second-order valence-electron chi connectivity index (χ2n) is 5.10. The summed E-state index contributed by atoms with van der Waals surface area (Å²) in [5.41, 5.74) is 2.45. The molecule has 0 unspecified atom stereocenters. The minimum absolute atomic E-state index is 0.110. The van der Waals surface area contributed by atoms with E-state index in [0.29, 0.717) is 31.2 Å². The highest BCUT2D eigenvalue weighted by Gasteiger charge is 2.17. The molecule has 0 aliphatic heterocycles. The van der Waals surface area contributed by atoms with E-state index in [9.17, 15) is 4.79 Å². The fourth-order valence-corrected chi connectivity index (χ4v) is 2.19. The summed E-state index contributed by atoms with van der Waals surface area (Å²) in [5, 5.41) is 3.02. The summed E-state index contributed by atoms with van der Waals surface area (Å²) < 4.78 is 4.95. The number of rotatable bonds is 7. The number of hydrogen-bond donors (Lipinski definition) is 1. The molecule has 2 rings (SSSR count). The van der Waals surface area contributed by atoms with Crippen LogP contribution in [-0.4, -0.2) is 42.7 Å². The van der Waals surface area contributed by atoms with Gasteiger partial charge in [-0.3, -0.25) is 4.79 Å². The Kier molecular flexibility index (Phi) is 6.05. The van der Waals surface area contributed by atoms with Gasteiger partial charge in [-0.05, 0) is 31.5 Å². The average molecular weight is 314 g/mol. The molecule has 0 saturated carbocycles. The molecule has 0 aliphatic rings. The van der Waals surface area contributed by atoms with Crippen molar-refractivity contribution in [3.63, 3.8) is 0 Å². The van der Waals surface area contributed by atoms with Crippen molar-refractivity contribution in [3.8, 4) is 0 Å². The molecule has 23 heavy (non-hydrogen) atoms. The van der Waals surface area contributed by atoms with Crippen molar-refractivity contribution in [2.24, 2.45) is 0 Å². The number of ether oxygens (including phenoxy) is 1. The third-order valence-corrected chi connectivity index (χ3v) is 3.36. The highest BCUT2D eigenvalue weighted by atomic mass is 16.5. The molecular formula is C17H22N4O2. The maximum absolute atomic E-state index is 12.7. The fraction of sp³-hybridized carbons (Fsp3) is 0.353. The smallest absolute Gasteiger partial charge is 0.261 e. The van der Waals surface area contributed by atoms with Crippen molar-refractivity contribution in [1.29, 1.82) is 0 Å². The summed E-state index contributed by atoms with van der Waals surface area (Å²) in [6, 6.07) is 7.87. The Morgan fingerprint density at radius 3 is 2.65 bits per heavy atom. The Labute approximate surface area is 136 Å². The van der Waals surface area contributed by atoms with E-state index in [-0.39, 0.29) is 5.91 Å². The van der Waals surface area contributed by atoms with Crippen LogP contribution in [0.25, 0.3) is 0 Å². The second kappa shape index (κ2) is 8.24. The van der Waals surface area contributed by atoms with E-state index in [2.05, 4.69) is 15.3 Å². The minimum Gasteiger partial charge on any atom is -0.383 e. The summed E-state index contributed by atoms with van der Waals surface area (Å²) in [6.45, 7) is 5.72. The number of benzene rings is 1. The Balaban J connectivity index is 2.11. The van der Waals surface area contributed by atoms with Crippen molar-refractivity contribution >= 4 is 17.5 Å². The number of amides is 1. The van der Waals surface area contributed by atoms with Gasteiger partial charge in [0.25, 0.3) is 5.91 Å². The van der Waals surface area contributed by atoms with E-state index in [4.69, 9.17) is 4.74 Å². The molecule has 0 atom stereocenters. The minimum atomic E-state index is -0.110. The monoisotopic (exact) mass is 314 g/mol. The van der Waals surface area contributed by atoms with Crippen LogP contribution in [0.15, 0.2) is 36.7 Å².